The number of aryl methyl sites for hydroxylation is 1. The molecule has 2 N–H and O–H groups in total. The molecule has 1 aromatic heterocycles. The molecule has 0 fully saturated rings. The van der Waals surface area contributed by atoms with Crippen molar-refractivity contribution in [3.8, 4) is 0 Å². The number of nitrogens with one attached hydrogen (secondary N) is 2. The van der Waals surface area contributed by atoms with Gasteiger partial charge < -0.3 is 10.6 Å². The minimum Gasteiger partial charge on any atom is -0.356 e. The highest BCUT2D eigenvalue weighted by Gasteiger charge is 2.02. The highest BCUT2D eigenvalue weighted by Crippen LogP contribution is 2.21. The lowest BCUT2D eigenvalue weighted by Crippen LogP contribution is -2.38. The molecule has 6 heteroatoms. The first-order valence-electron chi connectivity index (χ1n) is 7.97. The molecule has 1 heterocycles. The van der Waals surface area contributed by atoms with Crippen LogP contribution in [0.2, 0.25) is 10.0 Å². The van der Waals surface area contributed by atoms with Crippen LogP contribution in [0.15, 0.2) is 47.6 Å². The van der Waals surface area contributed by atoms with Gasteiger partial charge in [-0.3, -0.25) is 9.98 Å². The molecule has 0 aliphatic rings. The van der Waals surface area contributed by atoms with Crippen LogP contribution in [-0.4, -0.2) is 31.1 Å². The van der Waals surface area contributed by atoms with Crippen LogP contribution < -0.4 is 10.6 Å². The maximum atomic E-state index is 6.18. The molecule has 0 atom stereocenters. The standard InChI is InChI=1S/C18H22Cl2N4/c1-21-18(24-12-9-16-6-2-3-10-22-16)23-11-4-5-14-7-8-15(19)13-17(14)20/h2-3,6-8,10,13H,4-5,9,11-12H2,1H3,(H2,21,23,24). The van der Waals surface area contributed by atoms with Gasteiger partial charge in [-0.05, 0) is 42.7 Å². The van der Waals surface area contributed by atoms with Crippen LogP contribution in [0.5, 0.6) is 0 Å². The summed E-state index contributed by atoms with van der Waals surface area (Å²) in [6, 6.07) is 11.6. The Kier molecular flexibility index (Phi) is 7.86. The summed E-state index contributed by atoms with van der Waals surface area (Å²) in [6.45, 7) is 1.61. The Balaban J connectivity index is 1.66. The van der Waals surface area contributed by atoms with Crippen molar-refractivity contribution in [1.29, 1.82) is 0 Å². The third-order valence-corrected chi connectivity index (χ3v) is 4.14. The molecule has 0 radical (unpaired) electrons. The van der Waals surface area contributed by atoms with Crippen LogP contribution in [0, 0.1) is 0 Å². The predicted octanol–water partition coefficient (Wildman–Crippen LogP) is 3.73. The summed E-state index contributed by atoms with van der Waals surface area (Å²) >= 11 is 12.1. The van der Waals surface area contributed by atoms with Gasteiger partial charge in [-0.1, -0.05) is 35.3 Å². The summed E-state index contributed by atoms with van der Waals surface area (Å²) in [5, 5.41) is 7.99. The number of halogens is 2. The minimum absolute atomic E-state index is 0.666. The van der Waals surface area contributed by atoms with Gasteiger partial charge in [0.05, 0.1) is 0 Å². The Morgan fingerprint density at radius 2 is 1.92 bits per heavy atom. The largest absolute Gasteiger partial charge is 0.356 e. The normalized spacial score (nSPS) is 11.4. The van der Waals surface area contributed by atoms with E-state index < -0.39 is 0 Å². The fourth-order valence-electron chi connectivity index (χ4n) is 2.29. The quantitative estimate of drug-likeness (QED) is 0.447. The van der Waals surface area contributed by atoms with Crippen molar-refractivity contribution in [1.82, 2.24) is 15.6 Å². The highest BCUT2D eigenvalue weighted by atomic mass is 35.5. The van der Waals surface area contributed by atoms with Crippen molar-refractivity contribution >= 4 is 29.2 Å². The van der Waals surface area contributed by atoms with Crippen molar-refractivity contribution in [3.63, 3.8) is 0 Å². The molecule has 1 aromatic carbocycles. The molecule has 4 nitrogen and oxygen atoms in total. The highest BCUT2D eigenvalue weighted by molar-refractivity contribution is 6.35. The van der Waals surface area contributed by atoms with Gasteiger partial charge >= 0.3 is 0 Å². The molecule has 0 amide bonds. The van der Waals surface area contributed by atoms with Crippen molar-refractivity contribution in [2.24, 2.45) is 4.99 Å². The molecular weight excluding hydrogens is 343 g/mol. The Bertz CT molecular complexity index is 659. The lowest BCUT2D eigenvalue weighted by Gasteiger charge is -2.12. The number of hydrogen-bond donors (Lipinski definition) is 2. The Morgan fingerprint density at radius 3 is 2.62 bits per heavy atom. The van der Waals surface area contributed by atoms with Gasteiger partial charge in [0.25, 0.3) is 0 Å². The van der Waals surface area contributed by atoms with E-state index in [1.54, 1.807) is 13.1 Å². The lowest BCUT2D eigenvalue weighted by molar-refractivity contribution is 0.736. The second-order valence-electron chi connectivity index (χ2n) is 5.34. The third kappa shape index (κ3) is 6.38. The number of benzene rings is 1. The van der Waals surface area contributed by atoms with Crippen molar-refractivity contribution in [2.45, 2.75) is 19.3 Å². The topological polar surface area (TPSA) is 49.3 Å². The zero-order chi connectivity index (χ0) is 17.2. The second kappa shape index (κ2) is 10.2. The SMILES string of the molecule is CN=C(NCCCc1ccc(Cl)cc1Cl)NCCc1ccccn1. The van der Waals surface area contributed by atoms with E-state index in [2.05, 4.69) is 20.6 Å². The van der Waals surface area contributed by atoms with Gasteiger partial charge in [0.15, 0.2) is 5.96 Å². The molecular formula is C18H22Cl2N4. The predicted molar refractivity (Wildman–Crippen MR) is 102 cm³/mol. The van der Waals surface area contributed by atoms with Crippen LogP contribution in [0.1, 0.15) is 17.7 Å². The fraction of sp³-hybridized carbons (Fsp3) is 0.333. The first-order chi connectivity index (χ1) is 11.7. The van der Waals surface area contributed by atoms with E-state index in [4.69, 9.17) is 23.2 Å². The summed E-state index contributed by atoms with van der Waals surface area (Å²) in [4.78, 5) is 8.53. The number of rotatable bonds is 7. The molecule has 0 unspecified atom stereocenters. The van der Waals surface area contributed by atoms with E-state index in [-0.39, 0.29) is 0 Å². The lowest BCUT2D eigenvalue weighted by atomic mass is 10.1. The fourth-order valence-corrected chi connectivity index (χ4v) is 2.79. The zero-order valence-electron chi connectivity index (χ0n) is 13.7. The number of aromatic nitrogens is 1. The maximum Gasteiger partial charge on any atom is 0.190 e. The third-order valence-electron chi connectivity index (χ3n) is 3.55. The van der Waals surface area contributed by atoms with Crippen LogP contribution in [0.25, 0.3) is 0 Å². The van der Waals surface area contributed by atoms with Crippen LogP contribution in [-0.2, 0) is 12.8 Å². The molecule has 0 bridgehead atoms. The minimum atomic E-state index is 0.666. The summed E-state index contributed by atoms with van der Waals surface area (Å²) in [5.41, 5.74) is 2.18. The van der Waals surface area contributed by atoms with Crippen LogP contribution in [0.4, 0.5) is 0 Å². The maximum absolute atomic E-state index is 6.18. The van der Waals surface area contributed by atoms with Gasteiger partial charge in [0.1, 0.15) is 0 Å². The molecule has 0 saturated carbocycles. The van der Waals surface area contributed by atoms with Crippen LogP contribution in [0.3, 0.4) is 0 Å². The van der Waals surface area contributed by atoms with Crippen LogP contribution >= 0.6 is 23.2 Å². The summed E-state index contributed by atoms with van der Waals surface area (Å²) in [7, 11) is 1.77. The molecule has 2 aromatic rings. The number of hydrogen-bond acceptors (Lipinski definition) is 2. The average molecular weight is 365 g/mol. The number of aliphatic imine (C=N–C) groups is 1. The van der Waals surface area contributed by atoms with E-state index in [0.29, 0.717) is 5.02 Å². The van der Waals surface area contributed by atoms with Crippen molar-refractivity contribution in [3.05, 3.63) is 63.9 Å². The molecule has 128 valence electrons. The molecule has 0 aliphatic carbocycles. The number of nitrogens with zero attached hydrogens (tertiary/aromatic N) is 2. The molecule has 2 rings (SSSR count). The van der Waals surface area contributed by atoms with Gasteiger partial charge in [0.2, 0.25) is 0 Å². The first-order valence-corrected chi connectivity index (χ1v) is 8.73. The zero-order valence-corrected chi connectivity index (χ0v) is 15.2. The molecule has 24 heavy (non-hydrogen) atoms. The monoisotopic (exact) mass is 364 g/mol. The number of pyridine rings is 1. The van der Waals surface area contributed by atoms with E-state index in [1.807, 2.05) is 36.5 Å². The van der Waals surface area contributed by atoms with E-state index in [9.17, 15) is 0 Å². The Morgan fingerprint density at radius 1 is 1.08 bits per heavy atom. The van der Waals surface area contributed by atoms with Gasteiger partial charge in [-0.25, -0.2) is 0 Å². The summed E-state index contributed by atoms with van der Waals surface area (Å²) < 4.78 is 0. The molecule has 0 aliphatic heterocycles. The second-order valence-corrected chi connectivity index (χ2v) is 6.18. The van der Waals surface area contributed by atoms with Gasteiger partial charge in [0, 0.05) is 48.5 Å². The number of guanidine groups is 1. The van der Waals surface area contributed by atoms with E-state index >= 15 is 0 Å². The van der Waals surface area contributed by atoms with Gasteiger partial charge in [-0.15, -0.1) is 0 Å². The molecule has 0 saturated heterocycles. The summed E-state index contributed by atoms with van der Waals surface area (Å²) in [5.74, 6) is 0.799. The van der Waals surface area contributed by atoms with Crippen molar-refractivity contribution < 1.29 is 0 Å². The van der Waals surface area contributed by atoms with E-state index in [1.165, 1.54) is 0 Å². The first kappa shape index (κ1) is 18.6. The van der Waals surface area contributed by atoms with E-state index in [0.717, 1.165) is 54.6 Å². The van der Waals surface area contributed by atoms with Crippen molar-refractivity contribution in [2.75, 3.05) is 20.1 Å². The molecule has 0 spiro atoms. The Hall–Kier alpha value is -1.78. The smallest absolute Gasteiger partial charge is 0.190 e. The average Bonchev–Trinajstić information content (AvgIpc) is 2.59. The Labute approximate surface area is 153 Å². The summed E-state index contributed by atoms with van der Waals surface area (Å²) in [6.07, 6.45) is 4.53. The van der Waals surface area contributed by atoms with Gasteiger partial charge in [-0.2, -0.15) is 0 Å².